The highest BCUT2D eigenvalue weighted by molar-refractivity contribution is 5.50. The van der Waals surface area contributed by atoms with Crippen LogP contribution in [0, 0.1) is 12.7 Å². The van der Waals surface area contributed by atoms with Crippen molar-refractivity contribution in [3.8, 4) is 5.75 Å². The Hall–Kier alpha value is -2.03. The predicted molar refractivity (Wildman–Crippen MR) is 83.5 cm³/mol. The van der Waals surface area contributed by atoms with Crippen LogP contribution in [0.3, 0.4) is 0 Å². The molecule has 0 aliphatic heterocycles. The van der Waals surface area contributed by atoms with Gasteiger partial charge < -0.3 is 10.1 Å². The molecule has 0 saturated heterocycles. The normalized spacial score (nSPS) is 20.7. The molecule has 3 heteroatoms. The minimum atomic E-state index is -0.325. The molecule has 0 radical (unpaired) electrons. The van der Waals surface area contributed by atoms with Gasteiger partial charge in [-0.3, -0.25) is 0 Å². The second-order valence-electron chi connectivity index (χ2n) is 5.72. The fourth-order valence-corrected chi connectivity index (χ4v) is 3.02. The quantitative estimate of drug-likeness (QED) is 0.893. The Kier molecular flexibility index (Phi) is 3.82. The topological polar surface area (TPSA) is 21.3 Å². The maximum absolute atomic E-state index is 13.4. The molecular weight excluding hydrogens is 265 g/mol. The Morgan fingerprint density at radius 1 is 1.14 bits per heavy atom. The summed E-state index contributed by atoms with van der Waals surface area (Å²) in [5, 5.41) is 3.45. The van der Waals surface area contributed by atoms with Crippen LogP contribution in [0.5, 0.6) is 5.75 Å². The first-order valence-electron chi connectivity index (χ1n) is 7.33. The van der Waals surface area contributed by atoms with Gasteiger partial charge in [-0.1, -0.05) is 24.3 Å². The predicted octanol–water partition coefficient (Wildman–Crippen LogP) is 4.50. The van der Waals surface area contributed by atoms with E-state index in [4.69, 9.17) is 4.74 Å². The number of benzene rings is 2. The maximum Gasteiger partial charge on any atom is 0.165 e. The number of rotatable bonds is 4. The lowest BCUT2D eigenvalue weighted by Gasteiger charge is -2.37. The number of hydrogen-bond donors (Lipinski definition) is 1. The molecule has 0 heterocycles. The number of hydrogen-bond acceptors (Lipinski definition) is 2. The third-order valence-corrected chi connectivity index (χ3v) is 4.29. The lowest BCUT2D eigenvalue weighted by atomic mass is 9.74. The SMILES string of the molecule is COc1cc(NC2CC(c3ccccc3C)C2)ccc1F. The molecule has 21 heavy (non-hydrogen) atoms. The Balaban J connectivity index is 1.61. The average molecular weight is 285 g/mol. The number of ether oxygens (including phenoxy) is 1. The van der Waals surface area contributed by atoms with Crippen LogP contribution in [0.15, 0.2) is 42.5 Å². The van der Waals surface area contributed by atoms with Crippen molar-refractivity contribution in [1.82, 2.24) is 0 Å². The van der Waals surface area contributed by atoms with E-state index in [2.05, 4.69) is 36.5 Å². The highest BCUT2D eigenvalue weighted by atomic mass is 19.1. The van der Waals surface area contributed by atoms with Crippen LogP contribution in [0.2, 0.25) is 0 Å². The first-order valence-corrected chi connectivity index (χ1v) is 7.33. The molecule has 0 atom stereocenters. The summed E-state index contributed by atoms with van der Waals surface area (Å²) >= 11 is 0. The van der Waals surface area contributed by atoms with Crippen molar-refractivity contribution in [2.45, 2.75) is 31.7 Å². The van der Waals surface area contributed by atoms with Gasteiger partial charge in [0.15, 0.2) is 11.6 Å². The molecule has 3 rings (SSSR count). The van der Waals surface area contributed by atoms with Crippen LogP contribution in [-0.4, -0.2) is 13.2 Å². The fourth-order valence-electron chi connectivity index (χ4n) is 3.02. The fraction of sp³-hybridized carbons (Fsp3) is 0.333. The van der Waals surface area contributed by atoms with E-state index in [1.807, 2.05) is 0 Å². The summed E-state index contributed by atoms with van der Waals surface area (Å²) in [6.45, 7) is 2.17. The lowest BCUT2D eigenvalue weighted by molar-refractivity contribution is 0.371. The van der Waals surface area contributed by atoms with Crippen LogP contribution in [0.1, 0.15) is 29.9 Å². The van der Waals surface area contributed by atoms with Gasteiger partial charge in [-0.15, -0.1) is 0 Å². The Bertz CT molecular complexity index is 635. The van der Waals surface area contributed by atoms with Crippen molar-refractivity contribution in [3.63, 3.8) is 0 Å². The third kappa shape index (κ3) is 2.87. The summed E-state index contributed by atoms with van der Waals surface area (Å²) in [4.78, 5) is 0. The van der Waals surface area contributed by atoms with Gasteiger partial charge in [0.1, 0.15) is 0 Å². The van der Waals surface area contributed by atoms with Gasteiger partial charge in [0.25, 0.3) is 0 Å². The molecule has 110 valence electrons. The van der Waals surface area contributed by atoms with Crippen molar-refractivity contribution >= 4 is 5.69 Å². The highest BCUT2D eigenvalue weighted by Crippen LogP contribution is 2.40. The van der Waals surface area contributed by atoms with Crippen molar-refractivity contribution in [1.29, 1.82) is 0 Å². The van der Waals surface area contributed by atoms with Gasteiger partial charge in [0.05, 0.1) is 7.11 Å². The molecule has 2 aromatic rings. The zero-order valence-electron chi connectivity index (χ0n) is 12.4. The second-order valence-corrected chi connectivity index (χ2v) is 5.72. The molecule has 1 saturated carbocycles. The zero-order valence-corrected chi connectivity index (χ0v) is 12.4. The van der Waals surface area contributed by atoms with Gasteiger partial charge in [-0.25, -0.2) is 4.39 Å². The van der Waals surface area contributed by atoms with Crippen LogP contribution in [-0.2, 0) is 0 Å². The summed E-state index contributed by atoms with van der Waals surface area (Å²) < 4.78 is 18.4. The lowest BCUT2D eigenvalue weighted by Crippen LogP contribution is -2.34. The molecular formula is C18H20FNO. The highest BCUT2D eigenvalue weighted by Gasteiger charge is 2.30. The molecule has 0 unspecified atom stereocenters. The average Bonchev–Trinajstić information content (AvgIpc) is 2.45. The van der Waals surface area contributed by atoms with E-state index >= 15 is 0 Å². The molecule has 0 bridgehead atoms. The van der Waals surface area contributed by atoms with Crippen molar-refractivity contribution in [3.05, 3.63) is 59.4 Å². The molecule has 0 spiro atoms. The van der Waals surface area contributed by atoms with Crippen LogP contribution in [0.4, 0.5) is 10.1 Å². The van der Waals surface area contributed by atoms with E-state index in [0.717, 1.165) is 18.5 Å². The first kappa shape index (κ1) is 13.9. The smallest absolute Gasteiger partial charge is 0.165 e. The number of aryl methyl sites for hydroxylation is 1. The summed E-state index contributed by atoms with van der Waals surface area (Å²) in [6, 6.07) is 13.9. The van der Waals surface area contributed by atoms with E-state index < -0.39 is 0 Å². The van der Waals surface area contributed by atoms with Gasteiger partial charge in [-0.05, 0) is 48.9 Å². The van der Waals surface area contributed by atoms with Crippen LogP contribution in [0.25, 0.3) is 0 Å². The largest absolute Gasteiger partial charge is 0.494 e. The molecule has 0 aromatic heterocycles. The van der Waals surface area contributed by atoms with E-state index in [1.165, 1.54) is 24.3 Å². The Labute approximate surface area is 125 Å². The summed E-state index contributed by atoms with van der Waals surface area (Å²) in [6.07, 6.45) is 2.23. The zero-order chi connectivity index (χ0) is 14.8. The summed E-state index contributed by atoms with van der Waals surface area (Å²) in [7, 11) is 1.49. The van der Waals surface area contributed by atoms with Gasteiger partial charge in [0, 0.05) is 17.8 Å². The monoisotopic (exact) mass is 285 g/mol. The van der Waals surface area contributed by atoms with E-state index in [0.29, 0.717) is 12.0 Å². The molecule has 1 fully saturated rings. The van der Waals surface area contributed by atoms with E-state index in [1.54, 1.807) is 12.1 Å². The van der Waals surface area contributed by atoms with E-state index in [-0.39, 0.29) is 11.6 Å². The van der Waals surface area contributed by atoms with Crippen molar-refractivity contribution in [2.75, 3.05) is 12.4 Å². The van der Waals surface area contributed by atoms with Crippen LogP contribution < -0.4 is 10.1 Å². The van der Waals surface area contributed by atoms with Gasteiger partial charge in [0.2, 0.25) is 0 Å². The number of methoxy groups -OCH3 is 1. The minimum Gasteiger partial charge on any atom is -0.494 e. The molecule has 1 aliphatic carbocycles. The molecule has 1 aliphatic rings. The molecule has 1 N–H and O–H groups in total. The van der Waals surface area contributed by atoms with Crippen LogP contribution >= 0.6 is 0 Å². The van der Waals surface area contributed by atoms with Crippen molar-refractivity contribution in [2.24, 2.45) is 0 Å². The number of nitrogens with one attached hydrogen (secondary N) is 1. The minimum absolute atomic E-state index is 0.287. The third-order valence-electron chi connectivity index (χ3n) is 4.29. The summed E-state index contributed by atoms with van der Waals surface area (Å²) in [5.74, 6) is 0.593. The van der Waals surface area contributed by atoms with E-state index in [9.17, 15) is 4.39 Å². The second kappa shape index (κ2) is 5.76. The molecule has 2 nitrogen and oxygen atoms in total. The number of anilines is 1. The number of halogens is 1. The first-order chi connectivity index (χ1) is 10.2. The molecule has 2 aromatic carbocycles. The molecule has 0 amide bonds. The maximum atomic E-state index is 13.4. The standard InChI is InChI=1S/C18H20FNO/c1-12-5-3-4-6-16(12)13-9-15(10-13)20-14-7-8-17(19)18(11-14)21-2/h3-8,11,13,15,20H,9-10H2,1-2H3. The van der Waals surface area contributed by atoms with Gasteiger partial charge in [-0.2, -0.15) is 0 Å². The Morgan fingerprint density at radius 2 is 1.90 bits per heavy atom. The summed E-state index contributed by atoms with van der Waals surface area (Å²) in [5.41, 5.74) is 3.73. The van der Waals surface area contributed by atoms with Gasteiger partial charge >= 0.3 is 0 Å². The Morgan fingerprint density at radius 3 is 2.62 bits per heavy atom. The van der Waals surface area contributed by atoms with Crippen molar-refractivity contribution < 1.29 is 9.13 Å².